The van der Waals surface area contributed by atoms with Crippen LogP contribution in [-0.4, -0.2) is 18.5 Å². The lowest BCUT2D eigenvalue weighted by atomic mass is 10.3. The van der Waals surface area contributed by atoms with Crippen molar-refractivity contribution >= 4 is 22.6 Å². The first-order chi connectivity index (χ1) is 5.59. The van der Waals surface area contributed by atoms with Gasteiger partial charge in [0.1, 0.15) is 5.00 Å². The summed E-state index contributed by atoms with van der Waals surface area (Å²) in [6.45, 7) is 4.16. The van der Waals surface area contributed by atoms with Crippen molar-refractivity contribution in [2.24, 2.45) is 0 Å². The number of hydrogen-bond acceptors (Lipinski definition) is 3. The Kier molecular flexibility index (Phi) is 2.87. The molecule has 0 atom stereocenters. The summed E-state index contributed by atoms with van der Waals surface area (Å²) in [6.07, 6.45) is 2.09. The van der Waals surface area contributed by atoms with Crippen LogP contribution in [0.3, 0.4) is 0 Å². The molecule has 0 saturated heterocycles. The second-order valence-electron chi connectivity index (χ2n) is 3.21. The van der Waals surface area contributed by atoms with Crippen molar-refractivity contribution in [2.45, 2.75) is 13.8 Å². The first kappa shape index (κ1) is 9.26. The van der Waals surface area contributed by atoms with Gasteiger partial charge in [-0.1, -0.05) is 5.57 Å². The van der Waals surface area contributed by atoms with Crippen molar-refractivity contribution in [3.8, 4) is 0 Å². The molecule has 66 valence electrons. The van der Waals surface area contributed by atoms with Crippen LogP contribution in [0, 0.1) is 0 Å². The minimum atomic E-state index is 1.06. The Balaban J connectivity index is 2.85. The number of allylic oxidation sites excluding steroid dienone is 1. The van der Waals surface area contributed by atoms with Gasteiger partial charge in [0.2, 0.25) is 0 Å². The molecule has 0 unspecified atom stereocenters. The zero-order chi connectivity index (χ0) is 9.14. The van der Waals surface area contributed by atoms with Gasteiger partial charge in [0.15, 0.2) is 0 Å². The van der Waals surface area contributed by atoms with E-state index in [9.17, 15) is 0 Å². The van der Waals surface area contributed by atoms with Gasteiger partial charge in [-0.3, -0.25) is 0 Å². The molecule has 0 N–H and O–H groups in total. The molecule has 0 aromatic carbocycles. The van der Waals surface area contributed by atoms with E-state index < -0.39 is 0 Å². The van der Waals surface area contributed by atoms with Crippen molar-refractivity contribution in [3.63, 3.8) is 0 Å². The highest BCUT2D eigenvalue weighted by molar-refractivity contribution is 7.10. The molecular weight excluding hydrogens is 168 g/mol. The smallest absolute Gasteiger partial charge is 0.112 e. The third-order valence-electron chi connectivity index (χ3n) is 1.39. The van der Waals surface area contributed by atoms with Gasteiger partial charge in [-0.05, 0) is 31.5 Å². The molecular formula is C9H14N2S. The molecule has 0 spiro atoms. The van der Waals surface area contributed by atoms with Gasteiger partial charge in [0.05, 0.1) is 5.69 Å². The molecule has 0 aliphatic carbocycles. The number of hydrogen-bond donors (Lipinski definition) is 0. The highest BCUT2D eigenvalue weighted by Crippen LogP contribution is 2.20. The fraction of sp³-hybridized carbons (Fsp3) is 0.444. The first-order valence-corrected chi connectivity index (χ1v) is 4.66. The SMILES string of the molecule is CC(C)=Cc1cc(N(C)C)sn1. The van der Waals surface area contributed by atoms with E-state index in [4.69, 9.17) is 0 Å². The van der Waals surface area contributed by atoms with Crippen molar-refractivity contribution in [3.05, 3.63) is 17.3 Å². The van der Waals surface area contributed by atoms with Crippen molar-refractivity contribution in [2.75, 3.05) is 19.0 Å². The maximum Gasteiger partial charge on any atom is 0.112 e. The van der Waals surface area contributed by atoms with Gasteiger partial charge in [-0.25, -0.2) is 0 Å². The minimum Gasteiger partial charge on any atom is -0.368 e. The second kappa shape index (κ2) is 3.72. The lowest BCUT2D eigenvalue weighted by Crippen LogP contribution is -2.05. The largest absolute Gasteiger partial charge is 0.368 e. The van der Waals surface area contributed by atoms with Gasteiger partial charge in [0, 0.05) is 20.2 Å². The highest BCUT2D eigenvalue weighted by Gasteiger charge is 1.99. The third kappa shape index (κ3) is 2.34. The summed E-state index contributed by atoms with van der Waals surface area (Å²) in [5.41, 5.74) is 2.34. The fourth-order valence-electron chi connectivity index (χ4n) is 0.853. The van der Waals surface area contributed by atoms with Crippen LogP contribution in [0.4, 0.5) is 5.00 Å². The van der Waals surface area contributed by atoms with Gasteiger partial charge in [0.25, 0.3) is 0 Å². The normalized spacial score (nSPS) is 9.67. The molecule has 1 heterocycles. The van der Waals surface area contributed by atoms with Gasteiger partial charge in [-0.2, -0.15) is 4.37 Å². The summed E-state index contributed by atoms with van der Waals surface area (Å²) in [5, 5.41) is 1.20. The molecule has 12 heavy (non-hydrogen) atoms. The zero-order valence-electron chi connectivity index (χ0n) is 7.96. The third-order valence-corrected chi connectivity index (χ3v) is 2.37. The summed E-state index contributed by atoms with van der Waals surface area (Å²) in [4.78, 5) is 2.07. The van der Waals surface area contributed by atoms with E-state index in [0.717, 1.165) is 5.69 Å². The maximum atomic E-state index is 4.30. The molecule has 0 amide bonds. The molecule has 1 rings (SSSR count). The summed E-state index contributed by atoms with van der Waals surface area (Å²) < 4.78 is 4.30. The van der Waals surface area contributed by atoms with Crippen molar-refractivity contribution < 1.29 is 0 Å². The predicted octanol–water partition coefficient (Wildman–Crippen LogP) is 2.63. The van der Waals surface area contributed by atoms with E-state index in [-0.39, 0.29) is 0 Å². The van der Waals surface area contributed by atoms with E-state index in [2.05, 4.69) is 35.3 Å². The lowest BCUT2D eigenvalue weighted by Gasteiger charge is -2.05. The maximum absolute atomic E-state index is 4.30. The Morgan fingerprint density at radius 1 is 1.50 bits per heavy atom. The molecule has 0 saturated carbocycles. The van der Waals surface area contributed by atoms with Crippen LogP contribution in [0.15, 0.2) is 11.6 Å². The summed E-state index contributed by atoms with van der Waals surface area (Å²) in [5.74, 6) is 0. The number of nitrogens with zero attached hydrogens (tertiary/aromatic N) is 2. The molecule has 1 aromatic heterocycles. The lowest BCUT2D eigenvalue weighted by molar-refractivity contribution is 1.16. The highest BCUT2D eigenvalue weighted by atomic mass is 32.1. The molecule has 0 bridgehead atoms. The molecule has 2 nitrogen and oxygen atoms in total. The molecule has 0 radical (unpaired) electrons. The average molecular weight is 182 g/mol. The van der Waals surface area contributed by atoms with E-state index in [1.165, 1.54) is 22.1 Å². The van der Waals surface area contributed by atoms with Gasteiger partial charge < -0.3 is 4.90 Å². The van der Waals surface area contributed by atoms with E-state index in [0.29, 0.717) is 0 Å². The van der Waals surface area contributed by atoms with Gasteiger partial charge >= 0.3 is 0 Å². The number of anilines is 1. The van der Waals surface area contributed by atoms with Crippen molar-refractivity contribution in [1.82, 2.24) is 4.37 Å². The Bertz CT molecular complexity index is 282. The van der Waals surface area contributed by atoms with E-state index in [1.54, 1.807) is 0 Å². The number of aromatic nitrogens is 1. The summed E-state index contributed by atoms with van der Waals surface area (Å²) >= 11 is 1.53. The van der Waals surface area contributed by atoms with Gasteiger partial charge in [-0.15, -0.1) is 0 Å². The zero-order valence-corrected chi connectivity index (χ0v) is 8.77. The van der Waals surface area contributed by atoms with E-state index >= 15 is 0 Å². The topological polar surface area (TPSA) is 16.1 Å². The molecule has 0 fully saturated rings. The van der Waals surface area contributed by atoms with Crippen LogP contribution < -0.4 is 4.90 Å². The predicted molar refractivity (Wildman–Crippen MR) is 55.8 cm³/mol. The monoisotopic (exact) mass is 182 g/mol. The summed E-state index contributed by atoms with van der Waals surface area (Å²) in [6, 6.07) is 2.09. The molecule has 3 heteroatoms. The quantitative estimate of drug-likeness (QED) is 0.699. The van der Waals surface area contributed by atoms with Crippen LogP contribution in [0.25, 0.3) is 6.08 Å². The molecule has 0 aliphatic rings. The molecule has 0 aliphatic heterocycles. The second-order valence-corrected chi connectivity index (χ2v) is 3.99. The summed E-state index contributed by atoms with van der Waals surface area (Å²) in [7, 11) is 4.06. The van der Waals surface area contributed by atoms with E-state index in [1.807, 2.05) is 14.1 Å². The Labute approximate surface area is 77.7 Å². The van der Waals surface area contributed by atoms with Crippen LogP contribution in [0.5, 0.6) is 0 Å². The minimum absolute atomic E-state index is 1.06. The van der Waals surface area contributed by atoms with Crippen LogP contribution in [0.1, 0.15) is 19.5 Å². The Hall–Kier alpha value is -0.830. The van der Waals surface area contributed by atoms with Crippen molar-refractivity contribution in [1.29, 1.82) is 0 Å². The Morgan fingerprint density at radius 3 is 2.58 bits per heavy atom. The Morgan fingerprint density at radius 2 is 2.17 bits per heavy atom. The fourth-order valence-corrected chi connectivity index (χ4v) is 1.49. The average Bonchev–Trinajstić information content (AvgIpc) is 2.34. The standard InChI is InChI=1S/C9H14N2S/c1-7(2)5-8-6-9(11(3)4)12-10-8/h5-6H,1-4H3. The van der Waals surface area contributed by atoms with Crippen LogP contribution >= 0.6 is 11.5 Å². The van der Waals surface area contributed by atoms with Crippen LogP contribution in [0.2, 0.25) is 0 Å². The van der Waals surface area contributed by atoms with Crippen LogP contribution in [-0.2, 0) is 0 Å². The first-order valence-electron chi connectivity index (χ1n) is 3.88. The number of rotatable bonds is 2. The molecule has 1 aromatic rings.